The molecule has 1 heterocycles. The average Bonchev–Trinajstić information content (AvgIpc) is 3.33. The van der Waals surface area contributed by atoms with E-state index in [1.807, 2.05) is 0 Å². The highest BCUT2D eigenvalue weighted by Gasteiger charge is 2.83. The van der Waals surface area contributed by atoms with Gasteiger partial charge in [-0.2, -0.15) is 0 Å². The first-order valence-electron chi connectivity index (χ1n) is 15.6. The van der Waals surface area contributed by atoms with Crippen LogP contribution in [0, 0.1) is 50.7 Å². The van der Waals surface area contributed by atoms with Crippen molar-refractivity contribution in [2.24, 2.45) is 50.7 Å². The number of aliphatic hydroxyl groups is 1. The van der Waals surface area contributed by atoms with Crippen molar-refractivity contribution in [3.63, 3.8) is 0 Å². The number of hydrogen-bond acceptors (Lipinski definition) is 3. The minimum atomic E-state index is -0.133. The summed E-state index contributed by atoms with van der Waals surface area (Å²) in [4.78, 5) is 0. The van der Waals surface area contributed by atoms with Crippen molar-refractivity contribution in [3.8, 4) is 0 Å². The summed E-state index contributed by atoms with van der Waals surface area (Å²) in [5, 5.41) is 10.9. The maximum absolute atomic E-state index is 10.9. The second-order valence-electron chi connectivity index (χ2n) is 16.8. The molecule has 2 spiro atoms. The van der Waals surface area contributed by atoms with Gasteiger partial charge in [-0.05, 0) is 136 Å². The summed E-state index contributed by atoms with van der Waals surface area (Å²) in [5.41, 5.74) is 1.78. The molecule has 4 unspecified atom stereocenters. The molecule has 1 aliphatic heterocycles. The molecular weight excluding hydrogens is 444 g/mol. The van der Waals surface area contributed by atoms with Crippen LogP contribution in [0.1, 0.15) is 127 Å². The van der Waals surface area contributed by atoms with E-state index >= 15 is 0 Å². The van der Waals surface area contributed by atoms with Crippen LogP contribution in [0.3, 0.4) is 0 Å². The molecule has 3 nitrogen and oxygen atoms in total. The normalized spacial score (nSPS) is 55.2. The average molecular weight is 501 g/mol. The first kappa shape index (κ1) is 26.1. The van der Waals surface area contributed by atoms with Gasteiger partial charge < -0.3 is 14.6 Å². The van der Waals surface area contributed by atoms with Crippen molar-refractivity contribution >= 4 is 0 Å². The van der Waals surface area contributed by atoms with Crippen molar-refractivity contribution in [2.45, 2.75) is 157 Å². The van der Waals surface area contributed by atoms with Crippen LogP contribution in [-0.4, -0.2) is 35.1 Å². The smallest absolute Gasteiger partial charge is 0.0654 e. The Labute approximate surface area is 221 Å². The Kier molecular flexibility index (Phi) is 5.62. The molecule has 1 N–H and O–H groups in total. The number of fused-ring (bicyclic) bond motifs is 4. The number of hydrogen-bond donors (Lipinski definition) is 1. The zero-order valence-corrected chi connectivity index (χ0v) is 25.0. The van der Waals surface area contributed by atoms with Gasteiger partial charge >= 0.3 is 0 Å². The van der Waals surface area contributed by atoms with E-state index in [0.717, 1.165) is 24.7 Å². The molecular formula is C33H56O3. The molecule has 5 saturated carbocycles. The van der Waals surface area contributed by atoms with Crippen molar-refractivity contribution in [3.05, 3.63) is 0 Å². The Morgan fingerprint density at radius 2 is 1.61 bits per heavy atom. The van der Waals surface area contributed by atoms with E-state index in [2.05, 4.69) is 62.3 Å². The van der Waals surface area contributed by atoms with Gasteiger partial charge in [-0.3, -0.25) is 0 Å². The van der Waals surface area contributed by atoms with Gasteiger partial charge in [0.25, 0.3) is 0 Å². The van der Waals surface area contributed by atoms with Crippen molar-refractivity contribution in [1.29, 1.82) is 0 Å². The van der Waals surface area contributed by atoms with E-state index in [4.69, 9.17) is 9.47 Å². The van der Waals surface area contributed by atoms with Crippen molar-refractivity contribution in [2.75, 3.05) is 0 Å². The predicted molar refractivity (Wildman–Crippen MR) is 146 cm³/mol. The summed E-state index contributed by atoms with van der Waals surface area (Å²) in [5.74, 6) is 2.97. The third kappa shape index (κ3) is 3.21. The van der Waals surface area contributed by atoms with E-state index in [1.165, 1.54) is 51.4 Å². The quantitative estimate of drug-likeness (QED) is 0.428. The maximum atomic E-state index is 10.9. The number of aliphatic hydroxyl groups excluding tert-OH is 1. The Morgan fingerprint density at radius 3 is 2.31 bits per heavy atom. The van der Waals surface area contributed by atoms with E-state index < -0.39 is 0 Å². The second-order valence-corrected chi connectivity index (χ2v) is 16.8. The first-order chi connectivity index (χ1) is 16.6. The first-order valence-corrected chi connectivity index (χ1v) is 15.6. The zero-order chi connectivity index (χ0) is 26.1. The van der Waals surface area contributed by atoms with Gasteiger partial charge in [0.2, 0.25) is 0 Å². The lowest BCUT2D eigenvalue weighted by atomic mass is 9.41. The summed E-state index contributed by atoms with van der Waals surface area (Å²) in [6.07, 6.45) is 13.6. The molecule has 0 bridgehead atoms. The summed E-state index contributed by atoms with van der Waals surface area (Å²) in [7, 11) is 0. The van der Waals surface area contributed by atoms with Gasteiger partial charge in [0.15, 0.2) is 0 Å². The van der Waals surface area contributed by atoms with Crippen LogP contribution < -0.4 is 0 Å². The lowest BCUT2D eigenvalue weighted by Crippen LogP contribution is -2.57. The predicted octanol–water partition coefficient (Wildman–Crippen LogP) is 7.78. The largest absolute Gasteiger partial charge is 0.393 e. The zero-order valence-electron chi connectivity index (χ0n) is 25.0. The van der Waals surface area contributed by atoms with Gasteiger partial charge in [-0.1, -0.05) is 34.6 Å². The molecule has 0 aromatic carbocycles. The molecule has 11 atom stereocenters. The van der Waals surface area contributed by atoms with Gasteiger partial charge in [0, 0.05) is 6.42 Å². The van der Waals surface area contributed by atoms with Gasteiger partial charge in [0.1, 0.15) is 0 Å². The van der Waals surface area contributed by atoms with Crippen molar-refractivity contribution in [1.82, 2.24) is 0 Å². The monoisotopic (exact) mass is 500 g/mol. The molecule has 36 heavy (non-hydrogen) atoms. The molecule has 6 fully saturated rings. The molecule has 1 saturated heterocycles. The second kappa shape index (κ2) is 7.75. The van der Waals surface area contributed by atoms with Crippen LogP contribution in [0.2, 0.25) is 0 Å². The molecule has 6 rings (SSSR count). The minimum Gasteiger partial charge on any atom is -0.393 e. The molecule has 5 aliphatic carbocycles. The van der Waals surface area contributed by atoms with Crippen LogP contribution in [0.25, 0.3) is 0 Å². The minimum absolute atomic E-state index is 0.0771. The molecule has 6 aliphatic rings. The molecule has 206 valence electrons. The van der Waals surface area contributed by atoms with E-state index in [-0.39, 0.29) is 23.2 Å². The number of rotatable bonds is 4. The topological polar surface area (TPSA) is 38.7 Å². The van der Waals surface area contributed by atoms with E-state index in [1.54, 1.807) is 0 Å². The van der Waals surface area contributed by atoms with Crippen LogP contribution in [0.5, 0.6) is 0 Å². The molecule has 3 heteroatoms. The molecule has 0 aromatic rings. The van der Waals surface area contributed by atoms with Crippen LogP contribution in [0.15, 0.2) is 0 Å². The summed E-state index contributed by atoms with van der Waals surface area (Å²) in [6, 6.07) is 0. The van der Waals surface area contributed by atoms with Gasteiger partial charge in [-0.15, -0.1) is 0 Å². The summed E-state index contributed by atoms with van der Waals surface area (Å²) >= 11 is 0. The summed E-state index contributed by atoms with van der Waals surface area (Å²) < 4.78 is 13.4. The number of ether oxygens (including phenoxy) is 2. The third-order valence-corrected chi connectivity index (χ3v) is 14.0. The maximum Gasteiger partial charge on any atom is 0.0654 e. The molecule has 0 radical (unpaired) electrons. The fraction of sp³-hybridized carbons (Fsp3) is 1.00. The highest BCUT2D eigenvalue weighted by molar-refractivity contribution is 5.31. The third-order valence-electron chi connectivity index (χ3n) is 14.0. The van der Waals surface area contributed by atoms with E-state index in [9.17, 15) is 5.11 Å². The Balaban J connectivity index is 1.27. The molecule has 0 amide bonds. The highest BCUT2D eigenvalue weighted by Crippen LogP contribution is 2.89. The fourth-order valence-corrected chi connectivity index (χ4v) is 12.8. The Morgan fingerprint density at radius 1 is 0.944 bits per heavy atom. The summed E-state index contributed by atoms with van der Waals surface area (Å²) in [6.45, 7) is 21.5. The standard InChI is InChI=1S/C33H56O3/c1-20(2)36-28(4,5)17-22-16-21(3)27-23(35-22)18-31(9)25-11-10-24-29(6,7)26(34)12-13-32(24)19-33(25,32)15-14-30(27,31)8/h20-27,34H,10-19H2,1-9H3/t21-,22?,23?,24?,25+,26+,27?,30-,31+,32-,33+/m1/s1. The van der Waals surface area contributed by atoms with Gasteiger partial charge in [0.05, 0.1) is 30.0 Å². The SMILES string of the molecule is CC(C)OC(C)(C)CC1C[C@@H](C)C2C(C[C@@]3(C)[C@@H]4CCC5C(C)(C)[C@@H](O)CC[C@@]56C[C@@]46CC[C@]23C)O1. The lowest BCUT2D eigenvalue weighted by Gasteiger charge is -2.63. The Bertz CT molecular complexity index is 893. The fourth-order valence-electron chi connectivity index (χ4n) is 12.8. The Hall–Kier alpha value is -0.120. The van der Waals surface area contributed by atoms with E-state index in [0.29, 0.717) is 45.7 Å². The highest BCUT2D eigenvalue weighted by atomic mass is 16.5. The van der Waals surface area contributed by atoms with Crippen LogP contribution in [0.4, 0.5) is 0 Å². The van der Waals surface area contributed by atoms with Gasteiger partial charge in [-0.25, -0.2) is 0 Å². The van der Waals surface area contributed by atoms with Crippen LogP contribution in [-0.2, 0) is 9.47 Å². The van der Waals surface area contributed by atoms with Crippen molar-refractivity contribution < 1.29 is 14.6 Å². The van der Waals surface area contributed by atoms with Crippen LogP contribution >= 0.6 is 0 Å². The lowest BCUT2D eigenvalue weighted by molar-refractivity contribution is -0.171. The molecule has 0 aromatic heterocycles.